The number of esters is 1. The lowest BCUT2D eigenvalue weighted by Gasteiger charge is -2.37. The molecular formula is C31H34O5. The summed E-state index contributed by atoms with van der Waals surface area (Å²) in [6.45, 7) is 2.64. The van der Waals surface area contributed by atoms with Crippen LogP contribution in [0.25, 0.3) is 0 Å². The van der Waals surface area contributed by atoms with Gasteiger partial charge in [-0.1, -0.05) is 103 Å². The van der Waals surface area contributed by atoms with E-state index in [4.69, 9.17) is 18.9 Å². The summed E-state index contributed by atoms with van der Waals surface area (Å²) in [7, 11) is 0. The largest absolute Gasteiger partial charge is 0.460 e. The predicted molar refractivity (Wildman–Crippen MR) is 139 cm³/mol. The van der Waals surface area contributed by atoms with Crippen LogP contribution in [-0.4, -0.2) is 30.4 Å². The van der Waals surface area contributed by atoms with Crippen molar-refractivity contribution in [1.29, 1.82) is 0 Å². The first-order valence-corrected chi connectivity index (χ1v) is 12.5. The molecule has 36 heavy (non-hydrogen) atoms. The number of benzene rings is 3. The third-order valence-corrected chi connectivity index (χ3v) is 6.13. The Balaban J connectivity index is 1.61. The highest BCUT2D eigenvalue weighted by Gasteiger charge is 2.39. The number of allylic oxidation sites excluding steroid dienone is 1. The van der Waals surface area contributed by atoms with Gasteiger partial charge in [0.2, 0.25) is 0 Å². The Kier molecular flexibility index (Phi) is 9.86. The summed E-state index contributed by atoms with van der Waals surface area (Å²) in [5, 5.41) is 0. The fourth-order valence-corrected chi connectivity index (χ4v) is 4.34. The van der Waals surface area contributed by atoms with Crippen LogP contribution in [0, 0.1) is 0 Å². The Morgan fingerprint density at radius 2 is 1.17 bits per heavy atom. The Labute approximate surface area is 213 Å². The van der Waals surface area contributed by atoms with Crippen molar-refractivity contribution in [3.8, 4) is 0 Å². The fraction of sp³-hybridized carbons (Fsp3) is 0.323. The highest BCUT2D eigenvalue weighted by molar-refractivity contribution is 5.66. The maximum atomic E-state index is 12.0. The van der Waals surface area contributed by atoms with E-state index in [9.17, 15) is 4.79 Å². The molecule has 0 saturated carbocycles. The molecule has 0 radical (unpaired) electrons. The molecule has 1 aliphatic carbocycles. The average molecular weight is 487 g/mol. The highest BCUT2D eigenvalue weighted by Crippen LogP contribution is 2.27. The Hall–Kier alpha value is -3.25. The average Bonchev–Trinajstić information content (AvgIpc) is 2.90. The SMILES string of the molecule is CC(=O)O[C@H]1CC/C=C\[C@H](OCc2ccccc2)[C@@H](OCc2ccccc2)[C@@H]1OCc1ccccc1. The molecule has 0 aromatic heterocycles. The molecule has 4 atom stereocenters. The lowest BCUT2D eigenvalue weighted by molar-refractivity contribution is -0.188. The van der Waals surface area contributed by atoms with Gasteiger partial charge < -0.3 is 18.9 Å². The van der Waals surface area contributed by atoms with Crippen molar-refractivity contribution < 1.29 is 23.7 Å². The normalized spacial score (nSPS) is 22.8. The first-order chi connectivity index (χ1) is 17.7. The first kappa shape index (κ1) is 25.8. The monoisotopic (exact) mass is 486 g/mol. The standard InChI is InChI=1S/C31H34O5/c1-24(32)36-29-20-12-11-19-28(33-21-25-13-5-2-6-14-25)30(34-22-26-15-7-3-8-16-26)31(29)35-23-27-17-9-4-10-18-27/h2-11,13-19,28-31H,12,20-23H2,1H3/b19-11-/t28-,29-,30+,31+/m0/s1. The second-order valence-corrected chi connectivity index (χ2v) is 8.94. The lowest BCUT2D eigenvalue weighted by Crippen LogP contribution is -2.50. The van der Waals surface area contributed by atoms with Crippen LogP contribution in [0.2, 0.25) is 0 Å². The summed E-state index contributed by atoms with van der Waals surface area (Å²) < 4.78 is 25.2. The molecule has 0 aliphatic heterocycles. The Morgan fingerprint density at radius 1 is 0.694 bits per heavy atom. The minimum Gasteiger partial charge on any atom is -0.460 e. The van der Waals surface area contributed by atoms with Gasteiger partial charge in [0, 0.05) is 6.92 Å². The van der Waals surface area contributed by atoms with Crippen molar-refractivity contribution in [2.24, 2.45) is 0 Å². The molecule has 5 heteroatoms. The minimum atomic E-state index is -0.511. The van der Waals surface area contributed by atoms with E-state index in [1.807, 2.05) is 91.0 Å². The van der Waals surface area contributed by atoms with Crippen LogP contribution < -0.4 is 0 Å². The van der Waals surface area contributed by atoms with Crippen molar-refractivity contribution in [2.45, 2.75) is 64.0 Å². The molecule has 0 N–H and O–H groups in total. The number of carbonyl (C=O) groups excluding carboxylic acids is 1. The molecular weight excluding hydrogens is 452 g/mol. The zero-order valence-electron chi connectivity index (χ0n) is 20.7. The van der Waals surface area contributed by atoms with Crippen LogP contribution in [-0.2, 0) is 43.6 Å². The van der Waals surface area contributed by atoms with E-state index in [0.29, 0.717) is 26.2 Å². The number of carbonyl (C=O) groups is 1. The molecule has 0 fully saturated rings. The van der Waals surface area contributed by atoms with E-state index in [-0.39, 0.29) is 12.1 Å². The molecule has 3 aromatic rings. The molecule has 5 nitrogen and oxygen atoms in total. The molecule has 0 bridgehead atoms. The van der Waals surface area contributed by atoms with E-state index in [0.717, 1.165) is 23.1 Å². The molecule has 0 heterocycles. The molecule has 0 saturated heterocycles. The van der Waals surface area contributed by atoms with Crippen molar-refractivity contribution in [1.82, 2.24) is 0 Å². The molecule has 1 aliphatic rings. The summed E-state index contributed by atoms with van der Waals surface area (Å²) in [4.78, 5) is 12.0. The van der Waals surface area contributed by atoms with Crippen LogP contribution in [0.5, 0.6) is 0 Å². The molecule has 188 valence electrons. The topological polar surface area (TPSA) is 54.0 Å². The number of hydrogen-bond acceptors (Lipinski definition) is 5. The summed E-state index contributed by atoms with van der Waals surface area (Å²) in [6.07, 6.45) is 3.70. The summed E-state index contributed by atoms with van der Waals surface area (Å²) >= 11 is 0. The smallest absolute Gasteiger partial charge is 0.302 e. The molecule has 0 unspecified atom stereocenters. The van der Waals surface area contributed by atoms with Crippen molar-refractivity contribution >= 4 is 5.97 Å². The van der Waals surface area contributed by atoms with Crippen LogP contribution in [0.4, 0.5) is 0 Å². The zero-order valence-corrected chi connectivity index (χ0v) is 20.7. The van der Waals surface area contributed by atoms with Crippen LogP contribution in [0.15, 0.2) is 103 Å². The van der Waals surface area contributed by atoms with Crippen molar-refractivity contribution in [3.05, 3.63) is 120 Å². The summed E-state index contributed by atoms with van der Waals surface area (Å²) in [5.74, 6) is -0.332. The van der Waals surface area contributed by atoms with E-state index < -0.39 is 18.3 Å². The molecule has 4 rings (SSSR count). The molecule has 0 spiro atoms. The van der Waals surface area contributed by atoms with Crippen molar-refractivity contribution in [3.63, 3.8) is 0 Å². The van der Waals surface area contributed by atoms with E-state index in [1.165, 1.54) is 6.92 Å². The van der Waals surface area contributed by atoms with E-state index in [1.54, 1.807) is 0 Å². The van der Waals surface area contributed by atoms with Gasteiger partial charge >= 0.3 is 5.97 Å². The van der Waals surface area contributed by atoms with Gasteiger partial charge in [-0.15, -0.1) is 0 Å². The number of rotatable bonds is 10. The zero-order chi connectivity index (χ0) is 25.0. The second kappa shape index (κ2) is 13.7. The Bertz CT molecular complexity index is 1070. The quantitative estimate of drug-likeness (QED) is 0.259. The van der Waals surface area contributed by atoms with Crippen LogP contribution >= 0.6 is 0 Å². The molecule has 3 aromatic carbocycles. The fourth-order valence-electron chi connectivity index (χ4n) is 4.34. The third kappa shape index (κ3) is 7.89. The maximum absolute atomic E-state index is 12.0. The van der Waals surface area contributed by atoms with Gasteiger partial charge in [0.15, 0.2) is 0 Å². The minimum absolute atomic E-state index is 0.332. The number of hydrogen-bond donors (Lipinski definition) is 0. The molecule has 0 amide bonds. The summed E-state index contributed by atoms with van der Waals surface area (Å²) in [5.41, 5.74) is 3.17. The third-order valence-electron chi connectivity index (χ3n) is 6.13. The van der Waals surface area contributed by atoms with Gasteiger partial charge in [0.05, 0.1) is 19.8 Å². The van der Waals surface area contributed by atoms with Gasteiger partial charge in [0.25, 0.3) is 0 Å². The number of ether oxygens (including phenoxy) is 4. The van der Waals surface area contributed by atoms with Gasteiger partial charge in [-0.2, -0.15) is 0 Å². The second-order valence-electron chi connectivity index (χ2n) is 8.94. The van der Waals surface area contributed by atoms with E-state index >= 15 is 0 Å². The van der Waals surface area contributed by atoms with Gasteiger partial charge in [0.1, 0.15) is 24.4 Å². The van der Waals surface area contributed by atoms with Gasteiger partial charge in [-0.3, -0.25) is 4.79 Å². The predicted octanol–water partition coefficient (Wildman–Crippen LogP) is 6.02. The lowest BCUT2D eigenvalue weighted by atomic mass is 9.95. The van der Waals surface area contributed by atoms with Crippen LogP contribution in [0.3, 0.4) is 0 Å². The summed E-state index contributed by atoms with van der Waals surface area (Å²) in [6, 6.07) is 30.1. The van der Waals surface area contributed by atoms with Crippen molar-refractivity contribution in [2.75, 3.05) is 0 Å². The maximum Gasteiger partial charge on any atom is 0.302 e. The van der Waals surface area contributed by atoms with Crippen LogP contribution in [0.1, 0.15) is 36.5 Å². The van der Waals surface area contributed by atoms with Gasteiger partial charge in [-0.25, -0.2) is 0 Å². The van der Waals surface area contributed by atoms with Gasteiger partial charge in [-0.05, 0) is 29.5 Å². The van der Waals surface area contributed by atoms with E-state index in [2.05, 4.69) is 12.2 Å². The highest BCUT2D eigenvalue weighted by atomic mass is 16.6. The Morgan fingerprint density at radius 3 is 1.67 bits per heavy atom. The first-order valence-electron chi connectivity index (χ1n) is 12.5.